The molecule has 0 aliphatic carbocycles. The van der Waals surface area contributed by atoms with Gasteiger partial charge in [-0.25, -0.2) is 0 Å². The Morgan fingerprint density at radius 3 is 1.71 bits per heavy atom. The molecule has 0 atom stereocenters. The third-order valence-corrected chi connectivity index (χ3v) is 2.17. The van der Waals surface area contributed by atoms with Crippen LogP contribution in [0.15, 0.2) is 11.8 Å². The number of hydrogen-bond acceptors (Lipinski definition) is 3. The van der Waals surface area contributed by atoms with Crippen LogP contribution in [0.25, 0.3) is 0 Å². The first-order chi connectivity index (χ1) is 6.74. The predicted molar refractivity (Wildman–Crippen MR) is 61.3 cm³/mol. The number of ether oxygens (including phenoxy) is 3. The maximum Gasteiger partial charge on any atom is 0.286 e. The third kappa shape index (κ3) is 4.90. The molecular formula is C10H22O3Si. The summed E-state index contributed by atoms with van der Waals surface area (Å²) in [5, 5.41) is 0. The van der Waals surface area contributed by atoms with E-state index >= 15 is 0 Å². The second-order valence-electron chi connectivity index (χ2n) is 2.76. The average Bonchev–Trinajstić information content (AvgIpc) is 2.16. The fourth-order valence-corrected chi connectivity index (χ4v) is 1.46. The van der Waals surface area contributed by atoms with Gasteiger partial charge in [0.1, 0.15) is 0 Å². The van der Waals surface area contributed by atoms with Gasteiger partial charge in [-0.3, -0.25) is 0 Å². The van der Waals surface area contributed by atoms with Crippen molar-refractivity contribution < 1.29 is 14.2 Å². The van der Waals surface area contributed by atoms with Gasteiger partial charge in [-0.05, 0) is 20.8 Å². The van der Waals surface area contributed by atoms with Crippen molar-refractivity contribution in [2.24, 2.45) is 0 Å². The molecule has 4 heteroatoms. The summed E-state index contributed by atoms with van der Waals surface area (Å²) >= 11 is 0. The highest BCUT2D eigenvalue weighted by Crippen LogP contribution is 2.20. The van der Waals surface area contributed by atoms with E-state index in [2.05, 4.69) is 5.70 Å². The Labute approximate surface area is 89.8 Å². The van der Waals surface area contributed by atoms with E-state index in [1.807, 2.05) is 26.8 Å². The van der Waals surface area contributed by atoms with E-state index < -0.39 is 5.97 Å². The minimum absolute atomic E-state index is 0.592. The van der Waals surface area contributed by atoms with E-state index in [-0.39, 0.29) is 0 Å². The summed E-state index contributed by atoms with van der Waals surface area (Å²) in [5.74, 6) is -0.862. The molecule has 84 valence electrons. The lowest BCUT2D eigenvalue weighted by atomic mass is 10.3. The molecule has 0 aromatic heterocycles. The summed E-state index contributed by atoms with van der Waals surface area (Å²) in [6, 6.07) is 0. The Balaban J connectivity index is 4.36. The highest BCUT2D eigenvalue weighted by molar-refractivity contribution is 6.16. The highest BCUT2D eigenvalue weighted by Gasteiger charge is 2.30. The molecule has 0 spiro atoms. The van der Waals surface area contributed by atoms with Crippen LogP contribution in [0, 0.1) is 0 Å². The van der Waals surface area contributed by atoms with Gasteiger partial charge < -0.3 is 14.2 Å². The second-order valence-corrected chi connectivity index (χ2v) is 3.42. The predicted octanol–water partition coefficient (Wildman–Crippen LogP) is 1.02. The smallest absolute Gasteiger partial charge is 0.286 e. The van der Waals surface area contributed by atoms with Gasteiger partial charge in [0.25, 0.3) is 5.97 Å². The molecule has 0 heterocycles. The average molecular weight is 218 g/mol. The number of rotatable bonds is 8. The SMILES string of the molecule is CCOC(CC=C[SiH3])(OCC)OCC. The molecule has 0 aliphatic heterocycles. The highest BCUT2D eigenvalue weighted by atomic mass is 28.1. The van der Waals surface area contributed by atoms with E-state index in [1.54, 1.807) is 0 Å². The maximum atomic E-state index is 5.53. The van der Waals surface area contributed by atoms with Gasteiger partial charge in [-0.2, -0.15) is 0 Å². The van der Waals surface area contributed by atoms with E-state index in [0.29, 0.717) is 26.2 Å². The van der Waals surface area contributed by atoms with Crippen molar-refractivity contribution in [3.63, 3.8) is 0 Å². The second kappa shape index (κ2) is 8.17. The zero-order valence-electron chi connectivity index (χ0n) is 9.71. The Morgan fingerprint density at radius 2 is 1.43 bits per heavy atom. The van der Waals surface area contributed by atoms with Gasteiger partial charge in [-0.15, -0.1) is 5.70 Å². The molecule has 0 aliphatic rings. The van der Waals surface area contributed by atoms with E-state index in [1.165, 1.54) is 0 Å². The van der Waals surface area contributed by atoms with Crippen molar-refractivity contribution >= 4 is 10.2 Å². The van der Waals surface area contributed by atoms with Crippen molar-refractivity contribution in [1.29, 1.82) is 0 Å². The summed E-state index contributed by atoms with van der Waals surface area (Å²) in [7, 11) is 1.05. The number of hydrogen-bond donors (Lipinski definition) is 0. The molecule has 0 saturated carbocycles. The Hall–Kier alpha value is -0.163. The Kier molecular flexibility index (Phi) is 8.08. The molecule has 14 heavy (non-hydrogen) atoms. The van der Waals surface area contributed by atoms with Crippen molar-refractivity contribution in [1.82, 2.24) is 0 Å². The Bertz CT molecular complexity index is 142. The molecule has 0 unspecified atom stereocenters. The molecule has 0 N–H and O–H groups in total. The van der Waals surface area contributed by atoms with Crippen molar-refractivity contribution in [2.75, 3.05) is 19.8 Å². The van der Waals surface area contributed by atoms with E-state index in [4.69, 9.17) is 14.2 Å². The molecule has 0 amide bonds. The largest absolute Gasteiger partial charge is 0.328 e. The van der Waals surface area contributed by atoms with E-state index in [9.17, 15) is 0 Å². The van der Waals surface area contributed by atoms with Crippen LogP contribution in [0.5, 0.6) is 0 Å². The monoisotopic (exact) mass is 218 g/mol. The van der Waals surface area contributed by atoms with Gasteiger partial charge in [0, 0.05) is 36.5 Å². The first-order valence-electron chi connectivity index (χ1n) is 5.27. The summed E-state index contributed by atoms with van der Waals surface area (Å²) in [6.45, 7) is 7.60. The molecule has 0 radical (unpaired) electrons. The quantitative estimate of drug-likeness (QED) is 0.450. The minimum atomic E-state index is -0.862. The molecular weight excluding hydrogens is 196 g/mol. The van der Waals surface area contributed by atoms with Gasteiger partial charge in [-0.1, -0.05) is 6.08 Å². The molecule has 0 aromatic rings. The summed E-state index contributed by atoms with van der Waals surface area (Å²) < 4.78 is 16.6. The van der Waals surface area contributed by atoms with Crippen LogP contribution in [-0.2, 0) is 14.2 Å². The molecule has 0 aromatic carbocycles. The topological polar surface area (TPSA) is 27.7 Å². The first kappa shape index (κ1) is 13.8. The van der Waals surface area contributed by atoms with Crippen LogP contribution in [-0.4, -0.2) is 36.0 Å². The lowest BCUT2D eigenvalue weighted by Crippen LogP contribution is -2.39. The summed E-state index contributed by atoms with van der Waals surface area (Å²) in [4.78, 5) is 0. The van der Waals surface area contributed by atoms with Crippen LogP contribution in [0.4, 0.5) is 0 Å². The Morgan fingerprint density at radius 1 is 1.00 bits per heavy atom. The van der Waals surface area contributed by atoms with Crippen molar-refractivity contribution in [3.8, 4) is 0 Å². The molecule has 0 rings (SSSR count). The third-order valence-electron chi connectivity index (χ3n) is 1.70. The normalized spacial score (nSPS) is 12.8. The van der Waals surface area contributed by atoms with Crippen molar-refractivity contribution in [2.45, 2.75) is 33.2 Å². The summed E-state index contributed by atoms with van der Waals surface area (Å²) in [6.07, 6.45) is 2.71. The first-order valence-corrected chi connectivity index (χ1v) is 6.43. The minimum Gasteiger partial charge on any atom is -0.328 e. The van der Waals surface area contributed by atoms with Gasteiger partial charge in [0.2, 0.25) is 0 Å². The fourth-order valence-electron chi connectivity index (χ4n) is 1.22. The van der Waals surface area contributed by atoms with Gasteiger partial charge >= 0.3 is 0 Å². The zero-order valence-corrected chi connectivity index (χ0v) is 11.7. The summed E-state index contributed by atoms with van der Waals surface area (Å²) in [5.41, 5.74) is 2.10. The lowest BCUT2D eigenvalue weighted by molar-refractivity contribution is -0.374. The fraction of sp³-hybridized carbons (Fsp3) is 0.800. The van der Waals surface area contributed by atoms with Crippen LogP contribution < -0.4 is 0 Å². The van der Waals surface area contributed by atoms with Gasteiger partial charge in [0.15, 0.2) is 0 Å². The van der Waals surface area contributed by atoms with Crippen LogP contribution in [0.3, 0.4) is 0 Å². The lowest BCUT2D eigenvalue weighted by Gasteiger charge is -2.31. The maximum absolute atomic E-state index is 5.53. The molecule has 0 saturated heterocycles. The van der Waals surface area contributed by atoms with Crippen molar-refractivity contribution in [3.05, 3.63) is 11.8 Å². The standard InChI is InChI=1S/C10H22O3Si/c1-4-11-10(12-5-2,13-6-3)8-7-9-14/h7,9H,4-6,8H2,1-3,14H3. The molecule has 3 nitrogen and oxygen atoms in total. The van der Waals surface area contributed by atoms with Crippen LogP contribution in [0.2, 0.25) is 0 Å². The molecule has 0 bridgehead atoms. The molecule has 0 fully saturated rings. The van der Waals surface area contributed by atoms with Crippen LogP contribution in [0.1, 0.15) is 27.2 Å². The zero-order chi connectivity index (χ0) is 10.9. The van der Waals surface area contributed by atoms with E-state index in [0.717, 1.165) is 10.2 Å². The van der Waals surface area contributed by atoms with Gasteiger partial charge in [0.05, 0.1) is 0 Å². The van der Waals surface area contributed by atoms with Crippen LogP contribution >= 0.6 is 0 Å².